The van der Waals surface area contributed by atoms with Crippen molar-refractivity contribution in [3.8, 4) is 0 Å². The van der Waals surface area contributed by atoms with Gasteiger partial charge < -0.3 is 5.32 Å². The molecule has 1 aromatic heterocycles. The zero-order chi connectivity index (χ0) is 15.6. The summed E-state index contributed by atoms with van der Waals surface area (Å²) in [5.41, 5.74) is 1.87. The smallest absolute Gasteiger partial charge is 0.255 e. The van der Waals surface area contributed by atoms with E-state index in [1.165, 1.54) is 0 Å². The van der Waals surface area contributed by atoms with Crippen LogP contribution in [0.15, 0.2) is 34.8 Å². The van der Waals surface area contributed by atoms with Crippen LogP contribution in [0.25, 0.3) is 0 Å². The fourth-order valence-electron chi connectivity index (χ4n) is 1.72. The summed E-state index contributed by atoms with van der Waals surface area (Å²) in [6.45, 7) is 3.99. The summed E-state index contributed by atoms with van der Waals surface area (Å²) in [5.74, 6) is -0.0584. The number of hydrogen-bond donors (Lipinski definition) is 1. The number of benzene rings is 1. The van der Waals surface area contributed by atoms with E-state index in [9.17, 15) is 4.79 Å². The Morgan fingerprint density at radius 3 is 2.57 bits per heavy atom. The van der Waals surface area contributed by atoms with Gasteiger partial charge in [0.1, 0.15) is 5.15 Å². The molecule has 0 bridgehead atoms. The van der Waals surface area contributed by atoms with Crippen molar-refractivity contribution in [2.24, 2.45) is 0 Å². The van der Waals surface area contributed by atoms with Crippen LogP contribution < -0.4 is 5.32 Å². The van der Waals surface area contributed by atoms with E-state index in [0.717, 1.165) is 10.2 Å². The van der Waals surface area contributed by atoms with Gasteiger partial charge in [-0.25, -0.2) is 4.98 Å². The Hall–Kier alpha value is -1.10. The molecule has 0 atom stereocenters. The Morgan fingerprint density at radius 2 is 1.95 bits per heavy atom. The van der Waals surface area contributed by atoms with Crippen molar-refractivity contribution in [3.05, 3.63) is 56.2 Å². The third-order valence-corrected chi connectivity index (χ3v) is 4.27. The second kappa shape index (κ2) is 6.77. The number of nitrogens with one attached hydrogen (secondary N) is 1. The van der Waals surface area contributed by atoms with Gasteiger partial charge in [0.2, 0.25) is 0 Å². The van der Waals surface area contributed by atoms with E-state index in [1.807, 2.05) is 13.8 Å². The summed E-state index contributed by atoms with van der Waals surface area (Å²) >= 11 is 15.3. The SMILES string of the molecule is CC(C)c1cc(C(=O)Nc2ccc(Br)c(Cl)c2)cc(Cl)n1. The fourth-order valence-corrected chi connectivity index (χ4v) is 2.36. The lowest BCUT2D eigenvalue weighted by molar-refractivity contribution is 0.102. The van der Waals surface area contributed by atoms with Crippen LogP contribution in [0.2, 0.25) is 10.2 Å². The highest BCUT2D eigenvalue weighted by Gasteiger charge is 2.12. The number of carbonyl (C=O) groups is 1. The highest BCUT2D eigenvalue weighted by atomic mass is 79.9. The maximum Gasteiger partial charge on any atom is 0.255 e. The van der Waals surface area contributed by atoms with Crippen molar-refractivity contribution in [2.45, 2.75) is 19.8 Å². The van der Waals surface area contributed by atoms with Crippen LogP contribution in [0.3, 0.4) is 0 Å². The van der Waals surface area contributed by atoms with Gasteiger partial charge in [0.15, 0.2) is 0 Å². The molecule has 1 aromatic carbocycles. The van der Waals surface area contributed by atoms with Gasteiger partial charge in [0.25, 0.3) is 5.91 Å². The average Bonchev–Trinajstić information content (AvgIpc) is 2.42. The topological polar surface area (TPSA) is 42.0 Å². The van der Waals surface area contributed by atoms with Crippen molar-refractivity contribution < 1.29 is 4.79 Å². The molecule has 0 aliphatic carbocycles. The fraction of sp³-hybridized carbons (Fsp3) is 0.200. The molecule has 0 radical (unpaired) electrons. The number of halogens is 3. The van der Waals surface area contributed by atoms with Gasteiger partial charge in [0.05, 0.1) is 5.02 Å². The first-order valence-corrected chi connectivity index (χ1v) is 7.85. The van der Waals surface area contributed by atoms with Crippen molar-refractivity contribution in [2.75, 3.05) is 5.32 Å². The van der Waals surface area contributed by atoms with Crippen LogP contribution in [-0.2, 0) is 0 Å². The number of rotatable bonds is 3. The lowest BCUT2D eigenvalue weighted by Crippen LogP contribution is -2.13. The summed E-state index contributed by atoms with van der Waals surface area (Å²) in [6, 6.07) is 8.50. The van der Waals surface area contributed by atoms with Crippen LogP contribution in [0.1, 0.15) is 35.8 Å². The van der Waals surface area contributed by atoms with Crippen LogP contribution in [-0.4, -0.2) is 10.9 Å². The second-order valence-electron chi connectivity index (χ2n) is 4.84. The molecule has 0 fully saturated rings. The van der Waals surface area contributed by atoms with Crippen LogP contribution in [0, 0.1) is 0 Å². The largest absolute Gasteiger partial charge is 0.322 e. The Labute approximate surface area is 141 Å². The van der Waals surface area contributed by atoms with Gasteiger partial charge in [0, 0.05) is 21.4 Å². The predicted octanol–water partition coefficient (Wildman–Crippen LogP) is 5.53. The lowest BCUT2D eigenvalue weighted by atomic mass is 10.1. The van der Waals surface area contributed by atoms with Crippen molar-refractivity contribution >= 4 is 50.7 Å². The molecule has 2 rings (SSSR count). The second-order valence-corrected chi connectivity index (χ2v) is 6.49. The number of hydrogen-bond acceptors (Lipinski definition) is 2. The Kier molecular flexibility index (Phi) is 5.25. The quantitative estimate of drug-likeness (QED) is 0.703. The van der Waals surface area contributed by atoms with Gasteiger partial charge in [-0.05, 0) is 52.2 Å². The molecular formula is C15H13BrCl2N2O. The van der Waals surface area contributed by atoms with Crippen LogP contribution in [0.4, 0.5) is 5.69 Å². The first-order chi connectivity index (χ1) is 9.86. The van der Waals surface area contributed by atoms with E-state index in [1.54, 1.807) is 30.3 Å². The molecule has 1 N–H and O–H groups in total. The number of aromatic nitrogens is 1. The molecule has 3 nitrogen and oxygen atoms in total. The van der Waals surface area contributed by atoms with E-state index in [0.29, 0.717) is 21.4 Å². The van der Waals surface area contributed by atoms with Gasteiger partial charge in [-0.2, -0.15) is 0 Å². The Balaban J connectivity index is 2.25. The molecule has 21 heavy (non-hydrogen) atoms. The Morgan fingerprint density at radius 1 is 1.24 bits per heavy atom. The number of carbonyl (C=O) groups excluding carboxylic acids is 1. The van der Waals surface area contributed by atoms with E-state index in [2.05, 4.69) is 26.2 Å². The summed E-state index contributed by atoms with van der Waals surface area (Å²) in [4.78, 5) is 16.5. The monoisotopic (exact) mass is 386 g/mol. The van der Waals surface area contributed by atoms with Crippen LogP contribution >= 0.6 is 39.1 Å². The summed E-state index contributed by atoms with van der Waals surface area (Å²) in [7, 11) is 0. The minimum absolute atomic E-state index is 0.192. The zero-order valence-electron chi connectivity index (χ0n) is 11.5. The molecule has 0 unspecified atom stereocenters. The van der Waals surface area contributed by atoms with Gasteiger partial charge in [-0.3, -0.25) is 4.79 Å². The van der Waals surface area contributed by atoms with Crippen molar-refractivity contribution in [3.63, 3.8) is 0 Å². The molecule has 1 amide bonds. The molecule has 6 heteroatoms. The first-order valence-electron chi connectivity index (χ1n) is 6.30. The Bertz CT molecular complexity index is 689. The third-order valence-electron chi connectivity index (χ3n) is 2.85. The molecule has 0 saturated carbocycles. The number of anilines is 1. The highest BCUT2D eigenvalue weighted by Crippen LogP contribution is 2.26. The van der Waals surface area contributed by atoms with Gasteiger partial charge in [-0.15, -0.1) is 0 Å². The normalized spacial score (nSPS) is 10.8. The van der Waals surface area contributed by atoms with Gasteiger partial charge in [-0.1, -0.05) is 37.0 Å². The van der Waals surface area contributed by atoms with E-state index in [4.69, 9.17) is 23.2 Å². The molecule has 0 saturated heterocycles. The number of amides is 1. The average molecular weight is 388 g/mol. The maximum atomic E-state index is 12.3. The van der Waals surface area contributed by atoms with Crippen LogP contribution in [0.5, 0.6) is 0 Å². The molecule has 0 aliphatic rings. The molecule has 0 spiro atoms. The minimum Gasteiger partial charge on any atom is -0.322 e. The van der Waals surface area contributed by atoms with E-state index >= 15 is 0 Å². The molecule has 2 aromatic rings. The summed E-state index contributed by atoms with van der Waals surface area (Å²) in [5, 5.41) is 3.63. The first kappa shape index (κ1) is 16.3. The lowest BCUT2D eigenvalue weighted by Gasteiger charge is -2.10. The predicted molar refractivity (Wildman–Crippen MR) is 90.4 cm³/mol. The van der Waals surface area contributed by atoms with Crippen molar-refractivity contribution in [1.82, 2.24) is 4.98 Å². The number of pyridine rings is 1. The van der Waals surface area contributed by atoms with E-state index in [-0.39, 0.29) is 11.8 Å². The molecule has 0 aliphatic heterocycles. The zero-order valence-corrected chi connectivity index (χ0v) is 14.6. The molecule has 1 heterocycles. The van der Waals surface area contributed by atoms with Gasteiger partial charge >= 0.3 is 0 Å². The molecule has 110 valence electrons. The summed E-state index contributed by atoms with van der Waals surface area (Å²) in [6.07, 6.45) is 0. The highest BCUT2D eigenvalue weighted by molar-refractivity contribution is 9.10. The van der Waals surface area contributed by atoms with Crippen molar-refractivity contribution in [1.29, 1.82) is 0 Å². The standard InChI is InChI=1S/C15H13BrCl2N2O/c1-8(2)13-5-9(6-14(18)20-13)15(21)19-10-3-4-11(16)12(17)7-10/h3-8H,1-2H3,(H,19,21). The molecular weight excluding hydrogens is 375 g/mol. The third kappa shape index (κ3) is 4.19. The summed E-state index contributed by atoms with van der Waals surface area (Å²) < 4.78 is 0.774. The van der Waals surface area contributed by atoms with E-state index < -0.39 is 0 Å². The number of nitrogens with zero attached hydrogens (tertiary/aromatic N) is 1. The minimum atomic E-state index is -0.250. The maximum absolute atomic E-state index is 12.3.